The van der Waals surface area contributed by atoms with Crippen molar-refractivity contribution in [2.45, 2.75) is 33.5 Å². The Bertz CT molecular complexity index is 2540. The minimum Gasteiger partial charge on any atom is -0.434 e. The minimum absolute atomic E-state index is 0.0416. The highest BCUT2D eigenvalue weighted by molar-refractivity contribution is 7.15. The van der Waals surface area contributed by atoms with Crippen molar-refractivity contribution in [1.29, 1.82) is 0 Å². The molecule has 4 aromatic heterocycles. The molecule has 262 valence electrons. The van der Waals surface area contributed by atoms with Crippen molar-refractivity contribution in [3.8, 4) is 36.1 Å². The second-order valence-electron chi connectivity index (χ2n) is 12.1. The average molecular weight is 739 g/mol. The molecule has 8 rings (SSSR count). The Morgan fingerprint density at radius 1 is 0.774 bits per heavy atom. The minimum atomic E-state index is -0.657. The fourth-order valence-electron chi connectivity index (χ4n) is 6.32. The summed E-state index contributed by atoms with van der Waals surface area (Å²) in [5.74, 6) is 4.82. The van der Waals surface area contributed by atoms with E-state index in [0.717, 1.165) is 70.3 Å². The number of aryl methyl sites for hydroxylation is 2. The fraction of sp³-hybridized carbons (Fsp3) is 0.175. The lowest BCUT2D eigenvalue weighted by Crippen LogP contribution is -2.13. The van der Waals surface area contributed by atoms with Crippen LogP contribution in [0.4, 0.5) is 0 Å². The summed E-state index contributed by atoms with van der Waals surface area (Å²) < 4.78 is 14.6. The van der Waals surface area contributed by atoms with Crippen LogP contribution in [0.25, 0.3) is 11.4 Å². The van der Waals surface area contributed by atoms with Crippen LogP contribution in [0.3, 0.4) is 0 Å². The van der Waals surface area contributed by atoms with E-state index in [-0.39, 0.29) is 32.4 Å². The number of imidazole rings is 2. The molecule has 0 bridgehead atoms. The summed E-state index contributed by atoms with van der Waals surface area (Å²) in [6.45, 7) is 4.07. The third-order valence-electron chi connectivity index (χ3n) is 8.93. The molecule has 0 atom stereocenters. The number of fused-ring (bicyclic) bond motifs is 6. The maximum Gasteiger partial charge on any atom is 0.361 e. The van der Waals surface area contributed by atoms with Gasteiger partial charge in [-0.05, 0) is 37.1 Å². The molecular weight excluding hydrogens is 709 g/mol. The Morgan fingerprint density at radius 2 is 1.34 bits per heavy atom. The molecule has 0 saturated heterocycles. The number of carbonyl (C=O) groups is 1. The summed E-state index contributed by atoms with van der Waals surface area (Å²) in [5.41, 5.74) is 9.92. The van der Waals surface area contributed by atoms with Crippen LogP contribution < -0.4 is 0 Å². The first kappa shape index (κ1) is 34.2. The normalized spacial score (nSPS) is 12.9. The first-order valence-corrected chi connectivity index (χ1v) is 18.1. The van der Waals surface area contributed by atoms with Crippen molar-refractivity contribution in [2.24, 2.45) is 9.98 Å². The summed E-state index contributed by atoms with van der Waals surface area (Å²) in [6.07, 6.45) is 14.9. The van der Waals surface area contributed by atoms with Gasteiger partial charge in [-0.2, -0.15) is 0 Å². The number of ether oxygens (including phenoxy) is 2. The molecule has 0 N–H and O–H groups in total. The Balaban J connectivity index is 0.889. The first-order chi connectivity index (χ1) is 25.9. The van der Waals surface area contributed by atoms with Crippen molar-refractivity contribution in [3.63, 3.8) is 0 Å². The van der Waals surface area contributed by atoms with Crippen LogP contribution >= 0.6 is 22.7 Å². The first-order valence-electron chi connectivity index (χ1n) is 16.5. The van der Waals surface area contributed by atoms with Gasteiger partial charge in [-0.25, -0.2) is 24.5 Å². The fourth-order valence-corrected chi connectivity index (χ4v) is 8.28. The zero-order valence-corrected chi connectivity index (χ0v) is 30.3. The third-order valence-corrected chi connectivity index (χ3v) is 11.1. The number of rotatable bonds is 10. The SMILES string of the molecule is C#Cc1cc2c(s1)C(c1ccccc1C)=NCc1c(COOCOCOC(=O)c3ncn4c3CN=C(c3ccccc3C)c3sc(C#C)cc3-4)ncn1-2. The van der Waals surface area contributed by atoms with Gasteiger partial charge < -0.3 is 9.47 Å². The van der Waals surface area contributed by atoms with Gasteiger partial charge in [0.05, 0.1) is 78.8 Å². The Labute approximate surface area is 313 Å². The van der Waals surface area contributed by atoms with E-state index < -0.39 is 5.97 Å². The molecule has 2 aliphatic heterocycles. The van der Waals surface area contributed by atoms with Crippen molar-refractivity contribution < 1.29 is 24.0 Å². The number of esters is 1. The van der Waals surface area contributed by atoms with Gasteiger partial charge in [0.25, 0.3) is 0 Å². The van der Waals surface area contributed by atoms with Gasteiger partial charge >= 0.3 is 5.97 Å². The van der Waals surface area contributed by atoms with E-state index in [1.807, 2.05) is 64.6 Å². The lowest BCUT2D eigenvalue weighted by atomic mass is 10.0. The quantitative estimate of drug-likeness (QED) is 0.0384. The molecule has 6 heterocycles. The number of thiophene rings is 2. The Kier molecular flexibility index (Phi) is 9.41. The van der Waals surface area contributed by atoms with Gasteiger partial charge in [0.2, 0.25) is 0 Å². The Hall–Kier alpha value is -5.93. The van der Waals surface area contributed by atoms with Crippen LogP contribution in [0.15, 0.2) is 83.3 Å². The molecule has 0 aliphatic carbocycles. The van der Waals surface area contributed by atoms with Crippen LogP contribution in [0.2, 0.25) is 0 Å². The summed E-state index contributed by atoms with van der Waals surface area (Å²) >= 11 is 3.00. The van der Waals surface area contributed by atoms with E-state index in [9.17, 15) is 4.79 Å². The maximum atomic E-state index is 13.2. The van der Waals surface area contributed by atoms with E-state index >= 15 is 0 Å². The monoisotopic (exact) mass is 738 g/mol. The number of hydrogen-bond acceptors (Lipinski definition) is 11. The number of benzene rings is 2. The van der Waals surface area contributed by atoms with Gasteiger partial charge in [-0.15, -0.1) is 35.5 Å². The predicted molar refractivity (Wildman–Crippen MR) is 202 cm³/mol. The van der Waals surface area contributed by atoms with E-state index in [2.05, 4.69) is 40.9 Å². The summed E-state index contributed by atoms with van der Waals surface area (Å²) in [7, 11) is 0. The molecular formula is C40H30N6O5S2. The topological polar surface area (TPSA) is 114 Å². The second-order valence-corrected chi connectivity index (χ2v) is 14.2. The van der Waals surface area contributed by atoms with E-state index in [1.165, 1.54) is 22.7 Å². The number of aliphatic imine (C=N–C) groups is 2. The number of carbonyl (C=O) groups excluding carboxylic acids is 1. The summed E-state index contributed by atoms with van der Waals surface area (Å²) in [6, 6.07) is 20.1. The third kappa shape index (κ3) is 6.42. The van der Waals surface area contributed by atoms with E-state index in [4.69, 9.17) is 42.1 Å². The van der Waals surface area contributed by atoms with Gasteiger partial charge in [0, 0.05) is 11.1 Å². The molecule has 13 heteroatoms. The smallest absolute Gasteiger partial charge is 0.361 e. The maximum absolute atomic E-state index is 13.2. The predicted octanol–water partition coefficient (Wildman–Crippen LogP) is 6.70. The standard InChI is InChI=1S/C40H30N6O5S2/c1-5-26-15-31-38(52-26)35(28-13-9-7-11-24(28)3)41-17-33-30(43-20-45(31)33)19-50-51-23-48-22-49-40(47)37-34-18-42-36(29-14-10-8-12-25(29)4)39-32(46(34)21-44-37)16-27(6-2)53-39/h1-2,7-16,20-21H,17-19,22-23H2,3-4H3. The molecule has 53 heavy (non-hydrogen) atoms. The molecule has 6 aromatic rings. The lowest BCUT2D eigenvalue weighted by molar-refractivity contribution is -0.350. The van der Waals surface area contributed by atoms with E-state index in [0.29, 0.717) is 17.9 Å². The number of aromatic nitrogens is 4. The highest BCUT2D eigenvalue weighted by Crippen LogP contribution is 2.35. The zero-order chi connectivity index (χ0) is 36.5. The van der Waals surface area contributed by atoms with Crippen molar-refractivity contribution >= 4 is 40.1 Å². The van der Waals surface area contributed by atoms with Crippen molar-refractivity contribution in [3.05, 3.63) is 138 Å². The highest BCUT2D eigenvalue weighted by Gasteiger charge is 2.28. The molecule has 0 unspecified atom stereocenters. The Morgan fingerprint density at radius 3 is 1.94 bits per heavy atom. The average Bonchev–Trinajstić information content (AvgIpc) is 3.95. The van der Waals surface area contributed by atoms with Gasteiger partial charge in [0.15, 0.2) is 19.3 Å². The van der Waals surface area contributed by atoms with Gasteiger partial charge in [-0.3, -0.25) is 19.1 Å². The molecule has 0 saturated carbocycles. The van der Waals surface area contributed by atoms with Gasteiger partial charge in [-0.1, -0.05) is 60.4 Å². The molecule has 2 aromatic carbocycles. The van der Waals surface area contributed by atoms with E-state index in [1.54, 1.807) is 12.7 Å². The molecule has 0 radical (unpaired) electrons. The van der Waals surface area contributed by atoms with Crippen LogP contribution in [-0.4, -0.2) is 50.1 Å². The lowest BCUT2D eigenvalue weighted by Gasteiger charge is -2.08. The molecule has 0 spiro atoms. The van der Waals surface area contributed by atoms with Gasteiger partial charge in [0.1, 0.15) is 12.9 Å². The van der Waals surface area contributed by atoms with Crippen LogP contribution in [0.5, 0.6) is 0 Å². The van der Waals surface area contributed by atoms with Crippen LogP contribution in [0.1, 0.15) is 69.3 Å². The van der Waals surface area contributed by atoms with Crippen molar-refractivity contribution in [2.75, 3.05) is 13.6 Å². The number of hydrogen-bond donors (Lipinski definition) is 0. The number of terminal acetylenes is 2. The zero-order valence-electron chi connectivity index (χ0n) is 28.7. The van der Waals surface area contributed by atoms with Crippen LogP contribution in [-0.2, 0) is 38.9 Å². The largest absolute Gasteiger partial charge is 0.434 e. The molecule has 0 amide bonds. The molecule has 2 aliphatic rings. The molecule has 0 fully saturated rings. The summed E-state index contributed by atoms with van der Waals surface area (Å²) in [4.78, 5) is 46.1. The highest BCUT2D eigenvalue weighted by atomic mass is 32.1. The van der Waals surface area contributed by atoms with Crippen LogP contribution in [0, 0.1) is 38.5 Å². The molecule has 11 nitrogen and oxygen atoms in total. The number of nitrogens with zero attached hydrogens (tertiary/aromatic N) is 6. The van der Waals surface area contributed by atoms with Crippen molar-refractivity contribution in [1.82, 2.24) is 19.1 Å². The summed E-state index contributed by atoms with van der Waals surface area (Å²) in [5, 5.41) is 0. The second kappa shape index (κ2) is 14.6.